The van der Waals surface area contributed by atoms with Crippen molar-refractivity contribution >= 4 is 31.1 Å². The van der Waals surface area contributed by atoms with E-state index < -0.39 is 19.5 Å². The van der Waals surface area contributed by atoms with E-state index in [1.165, 1.54) is 0 Å². The first kappa shape index (κ1) is 10.2. The molecule has 66 valence electrons. The quantitative estimate of drug-likeness (QED) is 0.767. The van der Waals surface area contributed by atoms with Crippen molar-refractivity contribution in [2.75, 3.05) is 0 Å². The first-order valence-electron chi connectivity index (χ1n) is 3.69. The third-order valence-electron chi connectivity index (χ3n) is 1.84. The molecule has 1 nitrogen and oxygen atoms in total. The zero-order chi connectivity index (χ0) is 9.14. The van der Waals surface area contributed by atoms with Gasteiger partial charge in [-0.15, -0.1) is 0 Å². The molecule has 0 fully saturated rings. The number of rotatable bonds is 2. The van der Waals surface area contributed by atoms with Crippen molar-refractivity contribution in [1.82, 2.24) is 0 Å². The molecule has 12 heavy (non-hydrogen) atoms. The van der Waals surface area contributed by atoms with Crippen LogP contribution >= 0.6 is 11.6 Å². The van der Waals surface area contributed by atoms with Gasteiger partial charge in [0, 0.05) is 0 Å². The minimum absolute atomic E-state index is 0.228. The molecule has 1 unspecified atom stereocenters. The fourth-order valence-corrected chi connectivity index (χ4v) is 2.59. The van der Waals surface area contributed by atoms with Crippen molar-refractivity contribution in [3.63, 3.8) is 0 Å². The third-order valence-corrected chi connectivity index (χ3v) is 5.71. The molecule has 1 atom stereocenters. The summed E-state index contributed by atoms with van der Waals surface area (Å²) < 4.78 is 11.5. The number of halogens is 1. The standard InChI is InChI=1S/C9H11ClOTe/c1-7(12(2)11)8-3-5-9(10)6-4-8/h3-7H,1-2H3. The summed E-state index contributed by atoms with van der Waals surface area (Å²) in [7, 11) is 0. The van der Waals surface area contributed by atoms with Crippen LogP contribution < -0.4 is 0 Å². The van der Waals surface area contributed by atoms with E-state index in [1.807, 2.05) is 36.2 Å². The monoisotopic (exact) mass is 300 g/mol. The van der Waals surface area contributed by atoms with Gasteiger partial charge in [0.1, 0.15) is 0 Å². The fourth-order valence-electron chi connectivity index (χ4n) is 0.925. The van der Waals surface area contributed by atoms with E-state index in [9.17, 15) is 3.10 Å². The van der Waals surface area contributed by atoms with E-state index in [4.69, 9.17) is 11.6 Å². The maximum absolute atomic E-state index is 11.2. The number of hydrogen-bond donors (Lipinski definition) is 0. The average molecular weight is 298 g/mol. The second kappa shape index (κ2) is 4.37. The van der Waals surface area contributed by atoms with Crippen molar-refractivity contribution in [3.05, 3.63) is 34.9 Å². The summed E-state index contributed by atoms with van der Waals surface area (Å²) in [5.74, 6) is 0. The summed E-state index contributed by atoms with van der Waals surface area (Å²) in [4.78, 5) is 1.85. The van der Waals surface area contributed by atoms with Crippen LogP contribution in [0.15, 0.2) is 24.3 Å². The van der Waals surface area contributed by atoms with E-state index in [1.54, 1.807) is 0 Å². The first-order valence-corrected chi connectivity index (χ1v) is 8.69. The normalized spacial score (nSPS) is 13.3. The van der Waals surface area contributed by atoms with Gasteiger partial charge in [-0.2, -0.15) is 0 Å². The molecule has 1 aromatic rings. The second-order valence-electron chi connectivity index (χ2n) is 2.69. The van der Waals surface area contributed by atoms with Gasteiger partial charge in [0.15, 0.2) is 0 Å². The van der Waals surface area contributed by atoms with Crippen LogP contribution in [0, 0.1) is 0 Å². The molecule has 1 rings (SSSR count). The van der Waals surface area contributed by atoms with E-state index in [-0.39, 0.29) is 3.97 Å². The summed E-state index contributed by atoms with van der Waals surface area (Å²) in [5, 5.41) is 0.731. The van der Waals surface area contributed by atoms with Crippen LogP contribution in [-0.4, -0.2) is 19.5 Å². The molecule has 0 heterocycles. The third kappa shape index (κ3) is 2.55. The predicted octanol–water partition coefficient (Wildman–Crippen LogP) is 3.03. The fraction of sp³-hybridized carbons (Fsp3) is 0.333. The number of hydrogen-bond acceptors (Lipinski definition) is 1. The van der Waals surface area contributed by atoms with E-state index in [0.29, 0.717) is 0 Å². The van der Waals surface area contributed by atoms with Gasteiger partial charge in [0.05, 0.1) is 0 Å². The Morgan fingerprint density at radius 3 is 2.25 bits per heavy atom. The number of benzene rings is 1. The summed E-state index contributed by atoms with van der Waals surface area (Å²) in [6.45, 7) is 2.01. The summed E-state index contributed by atoms with van der Waals surface area (Å²) in [6.07, 6.45) is 0. The molecule has 0 aliphatic rings. The average Bonchev–Trinajstić information content (AvgIpc) is 2.04. The zero-order valence-electron chi connectivity index (χ0n) is 7.08. The van der Waals surface area contributed by atoms with Crippen LogP contribution in [0.2, 0.25) is 9.99 Å². The van der Waals surface area contributed by atoms with Crippen molar-refractivity contribution in [2.24, 2.45) is 0 Å². The predicted molar refractivity (Wildman–Crippen MR) is 52.2 cm³/mol. The Bertz CT molecular complexity index is 281. The zero-order valence-corrected chi connectivity index (χ0v) is 10.2. The summed E-state index contributed by atoms with van der Waals surface area (Å²) >= 11 is 3.65. The molecule has 0 spiro atoms. The molecule has 3 heteroatoms. The van der Waals surface area contributed by atoms with Crippen molar-refractivity contribution in [1.29, 1.82) is 0 Å². The maximum atomic E-state index is 11.2. The van der Waals surface area contributed by atoms with Crippen molar-refractivity contribution in [2.45, 2.75) is 15.9 Å². The molecule has 0 saturated heterocycles. The van der Waals surface area contributed by atoms with Crippen molar-refractivity contribution < 1.29 is 3.10 Å². The van der Waals surface area contributed by atoms with Crippen molar-refractivity contribution in [3.8, 4) is 0 Å². The molecule has 0 amide bonds. The Kier molecular flexibility index (Phi) is 3.71. The van der Waals surface area contributed by atoms with Crippen LogP contribution in [0.25, 0.3) is 0 Å². The molecule has 0 aliphatic heterocycles. The van der Waals surface area contributed by atoms with Crippen LogP contribution in [-0.2, 0) is 3.10 Å². The Morgan fingerprint density at radius 1 is 1.33 bits per heavy atom. The molecule has 0 radical (unpaired) electrons. The summed E-state index contributed by atoms with van der Waals surface area (Å²) in [6, 6.07) is 7.58. The van der Waals surface area contributed by atoms with Gasteiger partial charge in [0.25, 0.3) is 0 Å². The second-order valence-corrected chi connectivity index (χ2v) is 7.99. The van der Waals surface area contributed by atoms with Gasteiger partial charge in [0.2, 0.25) is 0 Å². The molecule has 0 aromatic heterocycles. The Balaban J connectivity index is 2.89. The molecule has 0 bridgehead atoms. The van der Waals surface area contributed by atoms with Gasteiger partial charge in [-0.1, -0.05) is 0 Å². The molecular weight excluding hydrogens is 287 g/mol. The van der Waals surface area contributed by atoms with Crippen LogP contribution in [0.3, 0.4) is 0 Å². The SMILES string of the molecule is CC(c1ccc(Cl)cc1)[Te](C)=O. The minimum atomic E-state index is -2.08. The topological polar surface area (TPSA) is 17.1 Å². The molecular formula is C9H11ClOTe. The molecule has 0 aliphatic carbocycles. The molecule has 1 aromatic carbocycles. The van der Waals surface area contributed by atoms with Crippen LogP contribution in [0.4, 0.5) is 0 Å². The van der Waals surface area contributed by atoms with E-state index in [2.05, 4.69) is 0 Å². The summed E-state index contributed by atoms with van der Waals surface area (Å²) in [5.41, 5.74) is 1.13. The molecule has 0 N–H and O–H groups in total. The van der Waals surface area contributed by atoms with Gasteiger partial charge in [-0.25, -0.2) is 0 Å². The van der Waals surface area contributed by atoms with Gasteiger partial charge < -0.3 is 0 Å². The van der Waals surface area contributed by atoms with Crippen LogP contribution in [0.5, 0.6) is 0 Å². The van der Waals surface area contributed by atoms with Gasteiger partial charge in [-0.3, -0.25) is 0 Å². The Morgan fingerprint density at radius 2 is 1.83 bits per heavy atom. The molecule has 0 saturated carbocycles. The Hall–Kier alpha value is 0.0996. The van der Waals surface area contributed by atoms with E-state index >= 15 is 0 Å². The van der Waals surface area contributed by atoms with E-state index in [0.717, 1.165) is 10.6 Å². The van der Waals surface area contributed by atoms with Crippen LogP contribution in [0.1, 0.15) is 16.5 Å². The first-order chi connectivity index (χ1) is 5.61. The van der Waals surface area contributed by atoms with Gasteiger partial charge in [-0.05, 0) is 0 Å². The van der Waals surface area contributed by atoms with Gasteiger partial charge >= 0.3 is 85.0 Å². The Labute approximate surface area is 84.8 Å².